The smallest absolute Gasteiger partial charge is 0.0726 e. The Morgan fingerprint density at radius 1 is 0.308 bits per heavy atom. The molecule has 1 spiro atoms. The Bertz CT molecular complexity index is 2520. The SMILES string of the molecule is Cc1ccc(N(c2ccc(C)cc2)c2ccc3c(c2)C2(c4ccccc4-c4ccccc42)c2cc(-c4ccc(-c5ccccc5)cc4)ccc2-3)cc1. The summed E-state index contributed by atoms with van der Waals surface area (Å²) in [6.45, 7) is 4.30. The highest BCUT2D eigenvalue weighted by atomic mass is 15.1. The van der Waals surface area contributed by atoms with Crippen LogP contribution in [0, 0.1) is 13.8 Å². The molecular weight excluding hydrogens is 627 g/mol. The molecule has 1 nitrogen and oxygen atoms in total. The monoisotopic (exact) mass is 663 g/mol. The summed E-state index contributed by atoms with van der Waals surface area (Å²) in [5.74, 6) is 0. The molecule has 8 aromatic carbocycles. The van der Waals surface area contributed by atoms with E-state index in [1.807, 2.05) is 0 Å². The second kappa shape index (κ2) is 11.8. The van der Waals surface area contributed by atoms with Crippen LogP contribution in [0.4, 0.5) is 17.1 Å². The first-order valence-electron chi connectivity index (χ1n) is 18.2. The highest BCUT2D eigenvalue weighted by Gasteiger charge is 2.51. The second-order valence-corrected chi connectivity index (χ2v) is 14.3. The van der Waals surface area contributed by atoms with Gasteiger partial charge in [0.15, 0.2) is 0 Å². The van der Waals surface area contributed by atoms with Gasteiger partial charge in [-0.3, -0.25) is 0 Å². The zero-order chi connectivity index (χ0) is 34.8. The van der Waals surface area contributed by atoms with Crippen LogP contribution in [0.15, 0.2) is 188 Å². The van der Waals surface area contributed by atoms with Gasteiger partial charge in [-0.2, -0.15) is 0 Å². The molecule has 0 radical (unpaired) electrons. The molecule has 0 unspecified atom stereocenters. The van der Waals surface area contributed by atoms with Gasteiger partial charge < -0.3 is 4.90 Å². The standard InChI is InChI=1S/C51H37N/c1-34-16-25-40(26-17-34)52(41-27-18-35(2)19-28-41)42-29-31-46-45-30-24-39(38-22-20-37(21-23-38)36-10-4-3-5-11-36)32-49(45)51(50(46)33-42)47-14-8-6-12-43(47)44-13-7-9-15-48(44)51/h3-33H,1-2H3. The summed E-state index contributed by atoms with van der Waals surface area (Å²) in [5.41, 5.74) is 21.0. The first-order chi connectivity index (χ1) is 25.6. The minimum Gasteiger partial charge on any atom is -0.310 e. The Kier molecular flexibility index (Phi) is 6.91. The number of fused-ring (bicyclic) bond motifs is 10. The quantitative estimate of drug-likeness (QED) is 0.177. The summed E-state index contributed by atoms with van der Waals surface area (Å²) < 4.78 is 0. The van der Waals surface area contributed by atoms with Crippen molar-refractivity contribution in [1.29, 1.82) is 0 Å². The minimum atomic E-state index is -0.458. The van der Waals surface area contributed by atoms with Crippen LogP contribution in [0.5, 0.6) is 0 Å². The highest BCUT2D eigenvalue weighted by molar-refractivity contribution is 5.97. The number of hydrogen-bond acceptors (Lipinski definition) is 1. The highest BCUT2D eigenvalue weighted by Crippen LogP contribution is 2.63. The Morgan fingerprint density at radius 3 is 1.29 bits per heavy atom. The molecule has 0 N–H and O–H groups in total. The fourth-order valence-corrected chi connectivity index (χ4v) is 8.77. The number of benzene rings is 8. The van der Waals surface area contributed by atoms with E-state index in [0.29, 0.717) is 0 Å². The molecule has 2 aliphatic rings. The summed E-state index contributed by atoms with van der Waals surface area (Å²) in [4.78, 5) is 2.41. The van der Waals surface area contributed by atoms with E-state index >= 15 is 0 Å². The average molecular weight is 664 g/mol. The van der Waals surface area contributed by atoms with Crippen molar-refractivity contribution in [2.24, 2.45) is 0 Å². The molecule has 10 rings (SSSR count). The Balaban J connectivity index is 1.20. The molecule has 0 saturated heterocycles. The zero-order valence-corrected chi connectivity index (χ0v) is 29.3. The Hall–Kier alpha value is -6.44. The lowest BCUT2D eigenvalue weighted by molar-refractivity contribution is 0.794. The van der Waals surface area contributed by atoms with Crippen molar-refractivity contribution in [3.8, 4) is 44.5 Å². The van der Waals surface area contributed by atoms with Gasteiger partial charge in [0.1, 0.15) is 0 Å². The van der Waals surface area contributed by atoms with E-state index in [-0.39, 0.29) is 0 Å². The first-order valence-corrected chi connectivity index (χ1v) is 18.2. The van der Waals surface area contributed by atoms with Crippen molar-refractivity contribution in [2.75, 3.05) is 4.90 Å². The summed E-state index contributed by atoms with van der Waals surface area (Å²) in [7, 11) is 0. The van der Waals surface area contributed by atoms with Crippen molar-refractivity contribution in [2.45, 2.75) is 19.3 Å². The lowest BCUT2D eigenvalue weighted by atomic mass is 9.70. The van der Waals surface area contributed by atoms with Crippen LogP contribution in [0.1, 0.15) is 33.4 Å². The van der Waals surface area contributed by atoms with Crippen molar-refractivity contribution in [1.82, 2.24) is 0 Å². The second-order valence-electron chi connectivity index (χ2n) is 14.3. The first kappa shape index (κ1) is 30.4. The molecule has 0 atom stereocenters. The lowest BCUT2D eigenvalue weighted by Crippen LogP contribution is -2.26. The molecule has 0 saturated carbocycles. The van der Waals surface area contributed by atoms with Crippen LogP contribution in [0.25, 0.3) is 44.5 Å². The van der Waals surface area contributed by atoms with Gasteiger partial charge in [-0.1, -0.05) is 157 Å². The largest absolute Gasteiger partial charge is 0.310 e. The summed E-state index contributed by atoms with van der Waals surface area (Å²) in [5, 5.41) is 0. The molecule has 0 amide bonds. The van der Waals surface area contributed by atoms with Gasteiger partial charge in [0.05, 0.1) is 5.41 Å². The summed E-state index contributed by atoms with van der Waals surface area (Å²) >= 11 is 0. The molecule has 0 aliphatic heterocycles. The van der Waals surface area contributed by atoms with E-state index < -0.39 is 5.41 Å². The zero-order valence-electron chi connectivity index (χ0n) is 29.3. The minimum absolute atomic E-state index is 0.458. The topological polar surface area (TPSA) is 3.24 Å². The molecule has 0 bridgehead atoms. The van der Waals surface area contributed by atoms with Crippen molar-refractivity contribution in [3.63, 3.8) is 0 Å². The number of aryl methyl sites for hydroxylation is 2. The average Bonchev–Trinajstić information content (AvgIpc) is 3.66. The van der Waals surface area contributed by atoms with Gasteiger partial charge in [-0.15, -0.1) is 0 Å². The van der Waals surface area contributed by atoms with E-state index in [1.54, 1.807) is 0 Å². The summed E-state index contributed by atoms with van der Waals surface area (Å²) in [6.07, 6.45) is 0. The molecule has 2 aliphatic carbocycles. The lowest BCUT2D eigenvalue weighted by Gasteiger charge is -2.32. The van der Waals surface area contributed by atoms with Crippen LogP contribution < -0.4 is 4.90 Å². The van der Waals surface area contributed by atoms with Crippen LogP contribution in [-0.4, -0.2) is 0 Å². The molecule has 1 heteroatoms. The fraction of sp³-hybridized carbons (Fsp3) is 0.0588. The normalized spacial score (nSPS) is 13.0. The fourth-order valence-electron chi connectivity index (χ4n) is 8.77. The van der Waals surface area contributed by atoms with Gasteiger partial charge in [0, 0.05) is 17.1 Å². The predicted octanol–water partition coefficient (Wildman–Crippen LogP) is 13.5. The molecule has 0 aromatic heterocycles. The van der Waals surface area contributed by atoms with E-state index in [0.717, 1.165) is 17.1 Å². The van der Waals surface area contributed by atoms with Crippen molar-refractivity contribution in [3.05, 3.63) is 221 Å². The number of rotatable bonds is 5. The molecular formula is C51H37N. The van der Waals surface area contributed by atoms with E-state index in [1.165, 1.54) is 77.9 Å². The number of hydrogen-bond donors (Lipinski definition) is 0. The maximum absolute atomic E-state index is 2.48. The van der Waals surface area contributed by atoms with E-state index in [2.05, 4.69) is 207 Å². The number of anilines is 3. The van der Waals surface area contributed by atoms with Crippen molar-refractivity contribution >= 4 is 17.1 Å². The van der Waals surface area contributed by atoms with E-state index in [4.69, 9.17) is 0 Å². The third kappa shape index (κ3) is 4.56. The van der Waals surface area contributed by atoms with Crippen LogP contribution in [-0.2, 0) is 5.41 Å². The van der Waals surface area contributed by atoms with E-state index in [9.17, 15) is 0 Å². The third-order valence-electron chi connectivity index (χ3n) is 11.2. The maximum atomic E-state index is 2.48. The maximum Gasteiger partial charge on any atom is 0.0726 e. The Labute approximate surface area is 306 Å². The van der Waals surface area contributed by atoms with Gasteiger partial charge in [-0.05, 0) is 123 Å². The van der Waals surface area contributed by atoms with Gasteiger partial charge in [-0.25, -0.2) is 0 Å². The molecule has 8 aromatic rings. The van der Waals surface area contributed by atoms with Gasteiger partial charge in [0.2, 0.25) is 0 Å². The van der Waals surface area contributed by atoms with Crippen molar-refractivity contribution < 1.29 is 0 Å². The van der Waals surface area contributed by atoms with Crippen LogP contribution >= 0.6 is 0 Å². The van der Waals surface area contributed by atoms with Crippen LogP contribution in [0.2, 0.25) is 0 Å². The van der Waals surface area contributed by atoms with Gasteiger partial charge >= 0.3 is 0 Å². The third-order valence-corrected chi connectivity index (χ3v) is 11.2. The van der Waals surface area contributed by atoms with Gasteiger partial charge in [0.25, 0.3) is 0 Å². The molecule has 52 heavy (non-hydrogen) atoms. The molecule has 0 heterocycles. The predicted molar refractivity (Wildman–Crippen MR) is 218 cm³/mol. The Morgan fingerprint density at radius 2 is 0.712 bits per heavy atom. The molecule has 0 fully saturated rings. The van der Waals surface area contributed by atoms with Crippen LogP contribution in [0.3, 0.4) is 0 Å². The summed E-state index contributed by atoms with van der Waals surface area (Å²) in [6, 6.07) is 69.9. The molecule has 246 valence electrons. The number of nitrogens with zero attached hydrogens (tertiary/aromatic N) is 1.